The van der Waals surface area contributed by atoms with Crippen LogP contribution in [0.3, 0.4) is 0 Å². The van der Waals surface area contributed by atoms with Crippen LogP contribution in [0.5, 0.6) is 11.5 Å². The summed E-state index contributed by atoms with van der Waals surface area (Å²) >= 11 is 6.12. The van der Waals surface area contributed by atoms with Gasteiger partial charge in [0.2, 0.25) is 5.91 Å². The number of carbonyl (C=O) groups is 2. The Labute approximate surface area is 170 Å². The fraction of sp³-hybridized carbons (Fsp3) is 0.333. The van der Waals surface area contributed by atoms with Crippen LogP contribution in [-0.4, -0.2) is 25.0 Å². The molecule has 0 fully saturated rings. The molecule has 0 spiro atoms. The molecular formula is C21H25ClN2O4. The molecule has 0 radical (unpaired) electrons. The number of carbonyl (C=O) groups excluding carboxylic acids is 2. The molecule has 150 valence electrons. The molecule has 2 amide bonds. The second-order valence-corrected chi connectivity index (χ2v) is 6.70. The summed E-state index contributed by atoms with van der Waals surface area (Å²) in [5.41, 5.74) is 1.26. The lowest BCUT2D eigenvalue weighted by Crippen LogP contribution is -2.19. The first-order valence-electron chi connectivity index (χ1n) is 9.17. The number of rotatable bonds is 8. The molecular weight excluding hydrogens is 380 g/mol. The van der Waals surface area contributed by atoms with Gasteiger partial charge >= 0.3 is 0 Å². The highest BCUT2D eigenvalue weighted by molar-refractivity contribution is 6.34. The summed E-state index contributed by atoms with van der Waals surface area (Å²) < 4.78 is 11.3. The minimum atomic E-state index is -0.368. The molecule has 0 aliphatic carbocycles. The summed E-state index contributed by atoms with van der Waals surface area (Å²) in [7, 11) is 0. The van der Waals surface area contributed by atoms with Crippen molar-refractivity contribution in [3.05, 3.63) is 47.0 Å². The van der Waals surface area contributed by atoms with Crippen molar-refractivity contribution in [1.82, 2.24) is 0 Å². The lowest BCUT2D eigenvalue weighted by molar-refractivity contribution is -0.118. The first-order chi connectivity index (χ1) is 13.4. The number of nitrogens with one attached hydrogen (secondary N) is 2. The van der Waals surface area contributed by atoms with E-state index in [9.17, 15) is 9.59 Å². The minimum Gasteiger partial charge on any atom is -0.492 e. The number of hydrogen-bond acceptors (Lipinski definition) is 4. The van der Waals surface area contributed by atoms with Gasteiger partial charge in [0.1, 0.15) is 11.5 Å². The molecule has 2 N–H and O–H groups in total. The molecule has 6 nitrogen and oxygen atoms in total. The van der Waals surface area contributed by atoms with Crippen molar-refractivity contribution in [1.29, 1.82) is 0 Å². The van der Waals surface area contributed by atoms with Gasteiger partial charge in [-0.2, -0.15) is 0 Å². The predicted octanol–water partition coefficient (Wildman–Crippen LogP) is 4.98. The van der Waals surface area contributed by atoms with E-state index < -0.39 is 0 Å². The first kappa shape index (κ1) is 21.6. The highest BCUT2D eigenvalue weighted by atomic mass is 35.5. The average molecular weight is 405 g/mol. The van der Waals surface area contributed by atoms with Gasteiger partial charge in [-0.25, -0.2) is 0 Å². The third-order valence-corrected chi connectivity index (χ3v) is 4.16. The lowest BCUT2D eigenvalue weighted by Gasteiger charge is -2.18. The van der Waals surface area contributed by atoms with Gasteiger partial charge in [0.25, 0.3) is 5.91 Å². The standard InChI is InChI=1S/C21H25ClN2O4/c1-5-27-18-12-17(24-21(26)14-9-7-8-10-15(14)22)19(28-6-2)11-16(18)23-20(25)13(3)4/h7-13H,5-6H2,1-4H3,(H,23,25)(H,24,26). The van der Waals surface area contributed by atoms with Crippen LogP contribution in [-0.2, 0) is 4.79 Å². The zero-order valence-corrected chi connectivity index (χ0v) is 17.2. The van der Waals surface area contributed by atoms with E-state index in [2.05, 4.69) is 10.6 Å². The highest BCUT2D eigenvalue weighted by Crippen LogP contribution is 2.37. The normalized spacial score (nSPS) is 10.5. The molecule has 28 heavy (non-hydrogen) atoms. The maximum atomic E-state index is 12.7. The number of ether oxygens (including phenoxy) is 2. The monoisotopic (exact) mass is 404 g/mol. The van der Waals surface area contributed by atoms with Crippen LogP contribution in [0.4, 0.5) is 11.4 Å². The molecule has 0 aliphatic rings. The molecule has 2 aromatic rings. The van der Waals surface area contributed by atoms with Gasteiger partial charge in [-0.1, -0.05) is 37.6 Å². The zero-order chi connectivity index (χ0) is 20.7. The van der Waals surface area contributed by atoms with Crippen LogP contribution in [0.1, 0.15) is 38.1 Å². The predicted molar refractivity (Wildman–Crippen MR) is 112 cm³/mol. The first-order valence-corrected chi connectivity index (χ1v) is 9.55. The lowest BCUT2D eigenvalue weighted by atomic mass is 10.1. The van der Waals surface area contributed by atoms with Crippen molar-refractivity contribution in [3.63, 3.8) is 0 Å². The van der Waals surface area contributed by atoms with Crippen LogP contribution in [0.2, 0.25) is 5.02 Å². The Bertz CT molecular complexity index is 852. The second-order valence-electron chi connectivity index (χ2n) is 6.29. The van der Waals surface area contributed by atoms with Gasteiger partial charge in [0.15, 0.2) is 0 Å². The molecule has 2 rings (SSSR count). The van der Waals surface area contributed by atoms with E-state index >= 15 is 0 Å². The topological polar surface area (TPSA) is 76.7 Å². The quantitative estimate of drug-likeness (QED) is 0.650. The van der Waals surface area contributed by atoms with E-state index in [4.69, 9.17) is 21.1 Å². The Morgan fingerprint density at radius 3 is 2.00 bits per heavy atom. The van der Waals surface area contributed by atoms with Gasteiger partial charge in [0.05, 0.1) is 35.2 Å². The van der Waals surface area contributed by atoms with Crippen molar-refractivity contribution >= 4 is 34.8 Å². The van der Waals surface area contributed by atoms with Crippen LogP contribution in [0.25, 0.3) is 0 Å². The van der Waals surface area contributed by atoms with E-state index in [0.717, 1.165) is 0 Å². The van der Waals surface area contributed by atoms with Crippen molar-refractivity contribution in [2.45, 2.75) is 27.7 Å². The van der Waals surface area contributed by atoms with Crippen molar-refractivity contribution in [2.75, 3.05) is 23.8 Å². The van der Waals surface area contributed by atoms with Crippen LogP contribution < -0.4 is 20.1 Å². The van der Waals surface area contributed by atoms with Gasteiger partial charge in [-0.15, -0.1) is 0 Å². The van der Waals surface area contributed by atoms with Crippen molar-refractivity contribution in [3.8, 4) is 11.5 Å². The molecule has 0 unspecified atom stereocenters. The molecule has 7 heteroatoms. The Balaban J connectivity index is 2.41. The average Bonchev–Trinajstić information content (AvgIpc) is 2.65. The summed E-state index contributed by atoms with van der Waals surface area (Å²) in [6.07, 6.45) is 0. The Hall–Kier alpha value is -2.73. The van der Waals surface area contributed by atoms with Gasteiger partial charge < -0.3 is 20.1 Å². The Kier molecular flexibility index (Phi) is 7.70. The fourth-order valence-corrected chi connectivity index (χ4v) is 2.64. The van der Waals surface area contributed by atoms with E-state index in [1.807, 2.05) is 13.8 Å². The molecule has 0 saturated carbocycles. The molecule has 0 aliphatic heterocycles. The number of hydrogen-bond donors (Lipinski definition) is 2. The molecule has 0 aromatic heterocycles. The maximum absolute atomic E-state index is 12.7. The molecule has 0 saturated heterocycles. The molecule has 0 atom stereocenters. The third kappa shape index (κ3) is 5.39. The van der Waals surface area contributed by atoms with Crippen molar-refractivity contribution in [2.24, 2.45) is 5.92 Å². The van der Waals surface area contributed by atoms with Crippen LogP contribution in [0, 0.1) is 5.92 Å². The van der Waals surface area contributed by atoms with Gasteiger partial charge in [-0.05, 0) is 26.0 Å². The van der Waals surface area contributed by atoms with E-state index in [0.29, 0.717) is 46.7 Å². The number of amides is 2. The molecule has 0 heterocycles. The number of anilines is 2. The molecule has 2 aromatic carbocycles. The van der Waals surface area contributed by atoms with Gasteiger partial charge in [0, 0.05) is 18.1 Å². The Morgan fingerprint density at radius 2 is 1.50 bits per heavy atom. The number of halogens is 1. The SMILES string of the molecule is CCOc1cc(NC(=O)C(C)C)c(OCC)cc1NC(=O)c1ccccc1Cl. The summed E-state index contributed by atoms with van der Waals surface area (Å²) in [6, 6.07) is 10.1. The molecule has 0 bridgehead atoms. The van der Waals surface area contributed by atoms with Crippen LogP contribution >= 0.6 is 11.6 Å². The van der Waals surface area contributed by atoms with Crippen LogP contribution in [0.15, 0.2) is 36.4 Å². The fourth-order valence-electron chi connectivity index (χ4n) is 2.42. The summed E-state index contributed by atoms with van der Waals surface area (Å²) in [5.74, 6) is 0.161. The minimum absolute atomic E-state index is 0.142. The largest absolute Gasteiger partial charge is 0.492 e. The summed E-state index contributed by atoms with van der Waals surface area (Å²) in [5, 5.41) is 6.00. The van der Waals surface area contributed by atoms with Gasteiger partial charge in [-0.3, -0.25) is 9.59 Å². The Morgan fingerprint density at radius 1 is 0.964 bits per heavy atom. The number of benzene rings is 2. The van der Waals surface area contributed by atoms with Crippen molar-refractivity contribution < 1.29 is 19.1 Å². The van der Waals surface area contributed by atoms with E-state index in [-0.39, 0.29) is 17.7 Å². The van der Waals surface area contributed by atoms with E-state index in [1.165, 1.54) is 0 Å². The second kappa shape index (κ2) is 9.99. The third-order valence-electron chi connectivity index (χ3n) is 3.83. The maximum Gasteiger partial charge on any atom is 0.257 e. The zero-order valence-electron chi connectivity index (χ0n) is 16.5. The summed E-state index contributed by atoms with van der Waals surface area (Å²) in [4.78, 5) is 24.8. The summed E-state index contributed by atoms with van der Waals surface area (Å²) in [6.45, 7) is 8.07. The highest BCUT2D eigenvalue weighted by Gasteiger charge is 2.18. The smallest absolute Gasteiger partial charge is 0.257 e. The van der Waals surface area contributed by atoms with E-state index in [1.54, 1.807) is 50.2 Å².